The first-order chi connectivity index (χ1) is 9.58. The molecule has 1 N–H and O–H groups in total. The van der Waals surface area contributed by atoms with Gasteiger partial charge in [0, 0.05) is 5.56 Å². The fourth-order valence-electron chi connectivity index (χ4n) is 2.34. The standard InChI is InChI=1S/C17H18Cl2O/c1-3-11-8-9-12(4-2)14(10-11)17(20)13-6-5-7-15(18)16(13)19/h5-10,17,20H,3-4H2,1-2H3. The van der Waals surface area contributed by atoms with E-state index in [1.807, 2.05) is 12.1 Å². The highest BCUT2D eigenvalue weighted by Crippen LogP contribution is 2.34. The molecule has 0 heterocycles. The molecule has 0 fully saturated rings. The number of aliphatic hydroxyl groups is 1. The van der Waals surface area contributed by atoms with E-state index in [1.165, 1.54) is 5.56 Å². The molecule has 0 bridgehead atoms. The van der Waals surface area contributed by atoms with Gasteiger partial charge in [0.1, 0.15) is 6.10 Å². The lowest BCUT2D eigenvalue weighted by atomic mass is 9.93. The minimum atomic E-state index is -0.748. The normalized spacial score (nSPS) is 12.4. The van der Waals surface area contributed by atoms with Crippen LogP contribution in [0.4, 0.5) is 0 Å². The summed E-state index contributed by atoms with van der Waals surface area (Å²) in [6, 6.07) is 11.6. The summed E-state index contributed by atoms with van der Waals surface area (Å²) < 4.78 is 0. The molecule has 20 heavy (non-hydrogen) atoms. The van der Waals surface area contributed by atoms with E-state index in [1.54, 1.807) is 6.07 Å². The topological polar surface area (TPSA) is 20.2 Å². The summed E-state index contributed by atoms with van der Waals surface area (Å²) in [5.74, 6) is 0. The number of halogens is 2. The summed E-state index contributed by atoms with van der Waals surface area (Å²) in [6.07, 6.45) is 1.06. The second-order valence-electron chi connectivity index (χ2n) is 4.79. The predicted molar refractivity (Wildman–Crippen MR) is 85.7 cm³/mol. The highest BCUT2D eigenvalue weighted by Gasteiger charge is 2.18. The Bertz CT molecular complexity index is 608. The van der Waals surface area contributed by atoms with Crippen LogP contribution in [0.1, 0.15) is 42.2 Å². The maximum Gasteiger partial charge on any atom is 0.106 e. The zero-order valence-electron chi connectivity index (χ0n) is 11.7. The van der Waals surface area contributed by atoms with Crippen molar-refractivity contribution in [2.45, 2.75) is 32.8 Å². The number of rotatable bonds is 4. The molecule has 0 amide bonds. The van der Waals surface area contributed by atoms with Gasteiger partial charge in [-0.05, 0) is 35.6 Å². The average Bonchev–Trinajstić information content (AvgIpc) is 2.48. The summed E-state index contributed by atoms with van der Waals surface area (Å²) in [6.45, 7) is 4.18. The molecule has 0 aliphatic heterocycles. The largest absolute Gasteiger partial charge is 0.384 e. The Morgan fingerprint density at radius 2 is 1.75 bits per heavy atom. The van der Waals surface area contributed by atoms with Crippen LogP contribution < -0.4 is 0 Å². The van der Waals surface area contributed by atoms with Crippen molar-refractivity contribution in [3.63, 3.8) is 0 Å². The number of hydrogen-bond acceptors (Lipinski definition) is 1. The Balaban J connectivity index is 2.51. The van der Waals surface area contributed by atoms with Crippen molar-refractivity contribution in [2.75, 3.05) is 0 Å². The summed E-state index contributed by atoms with van der Waals surface area (Å²) >= 11 is 12.2. The van der Waals surface area contributed by atoms with Crippen molar-refractivity contribution in [1.29, 1.82) is 0 Å². The first-order valence-electron chi connectivity index (χ1n) is 6.82. The van der Waals surface area contributed by atoms with Crippen LogP contribution in [0.5, 0.6) is 0 Å². The smallest absolute Gasteiger partial charge is 0.106 e. The van der Waals surface area contributed by atoms with E-state index < -0.39 is 6.10 Å². The van der Waals surface area contributed by atoms with Crippen LogP contribution in [0.3, 0.4) is 0 Å². The quantitative estimate of drug-likeness (QED) is 0.823. The van der Waals surface area contributed by atoms with E-state index in [2.05, 4.69) is 32.0 Å². The minimum Gasteiger partial charge on any atom is -0.384 e. The summed E-state index contributed by atoms with van der Waals surface area (Å²) in [7, 11) is 0. The van der Waals surface area contributed by atoms with E-state index in [-0.39, 0.29) is 0 Å². The number of hydrogen-bond donors (Lipinski definition) is 1. The van der Waals surface area contributed by atoms with Gasteiger partial charge in [-0.15, -0.1) is 0 Å². The third-order valence-corrected chi connectivity index (χ3v) is 4.40. The Hall–Kier alpha value is -1.02. The van der Waals surface area contributed by atoms with Gasteiger partial charge in [0.25, 0.3) is 0 Å². The Morgan fingerprint density at radius 3 is 2.40 bits per heavy atom. The van der Waals surface area contributed by atoms with Crippen LogP contribution >= 0.6 is 23.2 Å². The van der Waals surface area contributed by atoms with Gasteiger partial charge in [0.15, 0.2) is 0 Å². The van der Waals surface area contributed by atoms with Crippen molar-refractivity contribution in [3.05, 3.63) is 68.7 Å². The van der Waals surface area contributed by atoms with Gasteiger partial charge in [-0.3, -0.25) is 0 Å². The van der Waals surface area contributed by atoms with Crippen molar-refractivity contribution in [1.82, 2.24) is 0 Å². The maximum atomic E-state index is 10.7. The van der Waals surface area contributed by atoms with E-state index in [4.69, 9.17) is 23.2 Å². The zero-order chi connectivity index (χ0) is 14.7. The first kappa shape index (κ1) is 15.4. The third kappa shape index (κ3) is 3.01. The molecule has 2 rings (SSSR count). The molecule has 0 saturated heterocycles. The molecular weight excluding hydrogens is 291 g/mol. The molecule has 1 nitrogen and oxygen atoms in total. The van der Waals surface area contributed by atoms with Crippen molar-refractivity contribution < 1.29 is 5.11 Å². The van der Waals surface area contributed by atoms with E-state index in [0.29, 0.717) is 15.6 Å². The Labute approximate surface area is 130 Å². The molecule has 2 aromatic rings. The molecule has 0 saturated carbocycles. The predicted octanol–water partition coefficient (Wildman–Crippen LogP) is 5.20. The van der Waals surface area contributed by atoms with Crippen LogP contribution in [0.2, 0.25) is 10.0 Å². The molecule has 106 valence electrons. The number of benzene rings is 2. The summed E-state index contributed by atoms with van der Waals surface area (Å²) in [5.41, 5.74) is 3.90. The maximum absolute atomic E-state index is 10.7. The third-order valence-electron chi connectivity index (χ3n) is 3.57. The molecule has 0 aliphatic carbocycles. The molecule has 0 aromatic heterocycles. The van der Waals surface area contributed by atoms with Gasteiger partial charge in [0.05, 0.1) is 10.0 Å². The Kier molecular flexibility index (Phi) is 5.09. The zero-order valence-corrected chi connectivity index (χ0v) is 13.2. The van der Waals surface area contributed by atoms with Crippen LogP contribution in [-0.4, -0.2) is 5.11 Å². The van der Waals surface area contributed by atoms with Crippen LogP contribution in [0.25, 0.3) is 0 Å². The lowest BCUT2D eigenvalue weighted by Crippen LogP contribution is -2.05. The molecule has 1 unspecified atom stereocenters. The molecule has 0 aliphatic rings. The van der Waals surface area contributed by atoms with E-state index >= 15 is 0 Å². The minimum absolute atomic E-state index is 0.422. The summed E-state index contributed by atoms with van der Waals surface area (Å²) in [5, 5.41) is 11.6. The second-order valence-corrected chi connectivity index (χ2v) is 5.57. The lowest BCUT2D eigenvalue weighted by molar-refractivity contribution is 0.219. The van der Waals surface area contributed by atoms with Crippen molar-refractivity contribution >= 4 is 23.2 Å². The number of aliphatic hydroxyl groups excluding tert-OH is 1. The van der Waals surface area contributed by atoms with Crippen LogP contribution in [-0.2, 0) is 12.8 Å². The molecule has 3 heteroatoms. The monoisotopic (exact) mass is 308 g/mol. The summed E-state index contributed by atoms with van der Waals surface area (Å²) in [4.78, 5) is 0. The molecule has 2 aromatic carbocycles. The van der Waals surface area contributed by atoms with Crippen LogP contribution in [0, 0.1) is 0 Å². The highest BCUT2D eigenvalue weighted by atomic mass is 35.5. The SMILES string of the molecule is CCc1ccc(CC)c(C(O)c2cccc(Cl)c2Cl)c1. The van der Waals surface area contributed by atoms with E-state index in [9.17, 15) is 5.11 Å². The van der Waals surface area contributed by atoms with Crippen molar-refractivity contribution in [2.24, 2.45) is 0 Å². The average molecular weight is 309 g/mol. The lowest BCUT2D eigenvalue weighted by Gasteiger charge is -2.18. The first-order valence-corrected chi connectivity index (χ1v) is 7.57. The van der Waals surface area contributed by atoms with E-state index in [0.717, 1.165) is 24.0 Å². The molecular formula is C17H18Cl2O. The second kappa shape index (κ2) is 6.62. The van der Waals surface area contributed by atoms with Gasteiger partial charge in [-0.1, -0.05) is 67.4 Å². The van der Waals surface area contributed by atoms with Gasteiger partial charge in [-0.25, -0.2) is 0 Å². The Morgan fingerprint density at radius 1 is 1.00 bits per heavy atom. The van der Waals surface area contributed by atoms with Gasteiger partial charge >= 0.3 is 0 Å². The molecule has 0 spiro atoms. The number of aryl methyl sites for hydroxylation is 2. The van der Waals surface area contributed by atoms with Gasteiger partial charge in [0.2, 0.25) is 0 Å². The fourth-order valence-corrected chi connectivity index (χ4v) is 2.75. The van der Waals surface area contributed by atoms with Crippen LogP contribution in [0.15, 0.2) is 36.4 Å². The fraction of sp³-hybridized carbons (Fsp3) is 0.294. The molecule has 1 atom stereocenters. The molecule has 0 radical (unpaired) electrons. The van der Waals surface area contributed by atoms with Gasteiger partial charge < -0.3 is 5.11 Å². The van der Waals surface area contributed by atoms with Gasteiger partial charge in [-0.2, -0.15) is 0 Å². The highest BCUT2D eigenvalue weighted by molar-refractivity contribution is 6.42. The van der Waals surface area contributed by atoms with Crippen molar-refractivity contribution in [3.8, 4) is 0 Å².